The highest BCUT2D eigenvalue weighted by atomic mass is 16.5. The maximum absolute atomic E-state index is 12.6. The van der Waals surface area contributed by atoms with E-state index < -0.39 is 0 Å². The number of nitrogens with zero attached hydrogens (tertiary/aromatic N) is 2. The molecule has 0 unspecified atom stereocenters. The molecule has 3 aromatic rings. The Hall–Kier alpha value is -3.02. The average Bonchev–Trinajstić information content (AvgIpc) is 3.38. The predicted molar refractivity (Wildman–Crippen MR) is 107 cm³/mol. The highest BCUT2D eigenvalue weighted by Crippen LogP contribution is 2.35. The zero-order valence-electron chi connectivity index (χ0n) is 15.9. The van der Waals surface area contributed by atoms with Crippen molar-refractivity contribution in [1.82, 2.24) is 14.5 Å². The minimum Gasteiger partial charge on any atom is -0.486 e. The Bertz CT molecular complexity index is 1100. The van der Waals surface area contributed by atoms with Crippen molar-refractivity contribution >= 4 is 16.8 Å². The zero-order valence-corrected chi connectivity index (χ0v) is 15.9. The van der Waals surface area contributed by atoms with Crippen LogP contribution >= 0.6 is 0 Å². The number of hydrogen-bond donors (Lipinski definition) is 1. The summed E-state index contributed by atoms with van der Waals surface area (Å²) >= 11 is 0. The minimum absolute atomic E-state index is 0.00379. The molecule has 3 heterocycles. The lowest BCUT2D eigenvalue weighted by Crippen LogP contribution is -2.56. The Morgan fingerprint density at radius 3 is 2.75 bits per heavy atom. The second-order valence-corrected chi connectivity index (χ2v) is 7.85. The number of amides is 1. The molecule has 1 aromatic carbocycles. The number of carbonyl (C=O) groups excluding carboxylic acids is 1. The van der Waals surface area contributed by atoms with Crippen molar-refractivity contribution in [1.29, 1.82) is 0 Å². The number of H-pyrrole nitrogens is 1. The molecule has 2 fully saturated rings. The van der Waals surface area contributed by atoms with Crippen LogP contribution in [0.25, 0.3) is 10.9 Å². The standard InChI is InChI=1S/C22H23N3O3/c1-14-8-17(10-22(27)25(14)16-6-7-16)28-18-12-24(13-18)21(26)9-15-11-23-20-5-3-2-4-19(15)20/h2-5,8,10-11,16,18,23H,6-7,9,12-13H2,1H3. The lowest BCUT2D eigenvalue weighted by molar-refractivity contribution is -0.139. The molecule has 0 atom stereocenters. The van der Waals surface area contributed by atoms with E-state index in [1.165, 1.54) is 0 Å². The molecule has 0 bridgehead atoms. The van der Waals surface area contributed by atoms with Crippen molar-refractivity contribution in [3.8, 4) is 5.75 Å². The van der Waals surface area contributed by atoms with Crippen LogP contribution in [0.1, 0.15) is 30.1 Å². The lowest BCUT2D eigenvalue weighted by Gasteiger charge is -2.39. The van der Waals surface area contributed by atoms with Gasteiger partial charge in [0.25, 0.3) is 5.56 Å². The van der Waals surface area contributed by atoms with Gasteiger partial charge in [0.15, 0.2) is 0 Å². The Morgan fingerprint density at radius 1 is 1.21 bits per heavy atom. The van der Waals surface area contributed by atoms with Crippen molar-refractivity contribution in [3.05, 3.63) is 64.2 Å². The summed E-state index contributed by atoms with van der Waals surface area (Å²) in [6.07, 6.45) is 4.40. The molecule has 1 saturated heterocycles. The highest BCUT2D eigenvalue weighted by Gasteiger charge is 2.33. The van der Waals surface area contributed by atoms with Gasteiger partial charge in [-0.05, 0) is 37.5 Å². The summed E-state index contributed by atoms with van der Waals surface area (Å²) in [6.45, 7) is 3.07. The first-order valence-electron chi connectivity index (χ1n) is 9.81. The summed E-state index contributed by atoms with van der Waals surface area (Å²) in [6, 6.07) is 11.9. The van der Waals surface area contributed by atoms with Crippen molar-refractivity contribution in [2.45, 2.75) is 38.3 Å². The summed E-state index contributed by atoms with van der Waals surface area (Å²) in [7, 11) is 0. The molecule has 144 valence electrons. The highest BCUT2D eigenvalue weighted by molar-refractivity contribution is 5.89. The monoisotopic (exact) mass is 377 g/mol. The van der Waals surface area contributed by atoms with E-state index in [0.29, 0.717) is 31.3 Å². The number of aromatic nitrogens is 2. The van der Waals surface area contributed by atoms with Gasteiger partial charge in [0.05, 0.1) is 19.5 Å². The van der Waals surface area contributed by atoms with E-state index in [-0.39, 0.29) is 17.6 Å². The van der Waals surface area contributed by atoms with Gasteiger partial charge in [-0.25, -0.2) is 0 Å². The van der Waals surface area contributed by atoms with Crippen LogP contribution in [0.5, 0.6) is 5.75 Å². The largest absolute Gasteiger partial charge is 0.486 e. The van der Waals surface area contributed by atoms with E-state index >= 15 is 0 Å². The van der Waals surface area contributed by atoms with Gasteiger partial charge < -0.3 is 19.2 Å². The molecule has 1 aliphatic carbocycles. The average molecular weight is 377 g/mol. The van der Waals surface area contributed by atoms with Crippen molar-refractivity contribution in [3.63, 3.8) is 0 Å². The fourth-order valence-corrected chi connectivity index (χ4v) is 4.01. The van der Waals surface area contributed by atoms with Crippen LogP contribution in [0.4, 0.5) is 0 Å². The predicted octanol–water partition coefficient (Wildman–Crippen LogP) is 2.81. The topological polar surface area (TPSA) is 67.3 Å². The van der Waals surface area contributed by atoms with Gasteiger partial charge in [0, 0.05) is 34.9 Å². The molecule has 1 saturated carbocycles. The van der Waals surface area contributed by atoms with Gasteiger partial charge in [0.2, 0.25) is 5.91 Å². The zero-order chi connectivity index (χ0) is 19.3. The van der Waals surface area contributed by atoms with Gasteiger partial charge in [-0.3, -0.25) is 9.59 Å². The second-order valence-electron chi connectivity index (χ2n) is 7.85. The number of para-hydroxylation sites is 1. The van der Waals surface area contributed by atoms with Gasteiger partial charge in [-0.2, -0.15) is 0 Å². The number of aromatic amines is 1. The molecule has 2 aromatic heterocycles. The summed E-state index contributed by atoms with van der Waals surface area (Å²) in [5, 5.41) is 1.09. The van der Waals surface area contributed by atoms with Gasteiger partial charge in [-0.15, -0.1) is 0 Å². The first-order valence-corrected chi connectivity index (χ1v) is 9.81. The third-order valence-electron chi connectivity index (χ3n) is 5.67. The number of aryl methyl sites for hydroxylation is 1. The van der Waals surface area contributed by atoms with Crippen LogP contribution in [0.15, 0.2) is 47.4 Å². The first kappa shape index (κ1) is 17.1. The molecular formula is C22H23N3O3. The Morgan fingerprint density at radius 2 is 2.00 bits per heavy atom. The molecule has 1 amide bonds. The third kappa shape index (κ3) is 3.09. The van der Waals surface area contributed by atoms with E-state index in [2.05, 4.69) is 4.98 Å². The maximum atomic E-state index is 12.6. The van der Waals surface area contributed by atoms with Crippen LogP contribution in [0.2, 0.25) is 0 Å². The fraction of sp³-hybridized carbons (Fsp3) is 0.364. The van der Waals surface area contributed by atoms with E-state index in [4.69, 9.17) is 4.74 Å². The molecular weight excluding hydrogens is 354 g/mol. The summed E-state index contributed by atoms with van der Waals surface area (Å²) < 4.78 is 7.79. The normalized spacial score (nSPS) is 17.0. The molecule has 5 rings (SSSR count). The molecule has 0 radical (unpaired) electrons. The number of ether oxygens (including phenoxy) is 1. The molecule has 0 spiro atoms. The van der Waals surface area contributed by atoms with Gasteiger partial charge in [0.1, 0.15) is 11.9 Å². The molecule has 6 nitrogen and oxygen atoms in total. The number of fused-ring (bicyclic) bond motifs is 1. The SMILES string of the molecule is Cc1cc(OC2CN(C(=O)Cc3c[nH]c4ccccc34)C2)cc(=O)n1C1CC1. The number of likely N-dealkylation sites (tertiary alicyclic amines) is 1. The van der Waals surface area contributed by atoms with Crippen LogP contribution in [0.3, 0.4) is 0 Å². The van der Waals surface area contributed by atoms with Crippen LogP contribution in [-0.4, -0.2) is 39.6 Å². The van der Waals surface area contributed by atoms with Crippen molar-refractivity contribution < 1.29 is 9.53 Å². The first-order chi connectivity index (χ1) is 13.6. The summed E-state index contributed by atoms with van der Waals surface area (Å²) in [5.41, 5.74) is 3.01. The number of nitrogens with one attached hydrogen (secondary N) is 1. The second kappa shape index (κ2) is 6.55. The summed E-state index contributed by atoms with van der Waals surface area (Å²) in [5.74, 6) is 0.707. The molecule has 1 aliphatic heterocycles. The lowest BCUT2D eigenvalue weighted by atomic mass is 10.1. The Balaban J connectivity index is 1.19. The third-order valence-corrected chi connectivity index (χ3v) is 5.67. The van der Waals surface area contributed by atoms with Crippen molar-refractivity contribution in [2.24, 2.45) is 0 Å². The number of hydrogen-bond acceptors (Lipinski definition) is 3. The number of benzene rings is 1. The number of rotatable bonds is 5. The molecule has 1 N–H and O–H groups in total. The van der Waals surface area contributed by atoms with Gasteiger partial charge >= 0.3 is 0 Å². The minimum atomic E-state index is -0.0532. The summed E-state index contributed by atoms with van der Waals surface area (Å²) in [4.78, 5) is 29.9. The molecule has 6 heteroatoms. The van der Waals surface area contributed by atoms with Crippen molar-refractivity contribution in [2.75, 3.05) is 13.1 Å². The quantitative estimate of drug-likeness (QED) is 0.743. The van der Waals surface area contributed by atoms with Crippen LogP contribution < -0.4 is 10.3 Å². The van der Waals surface area contributed by atoms with E-state index in [9.17, 15) is 9.59 Å². The van der Waals surface area contributed by atoms with Crippen LogP contribution in [-0.2, 0) is 11.2 Å². The Kier molecular flexibility index (Phi) is 4.00. The fourth-order valence-electron chi connectivity index (χ4n) is 4.01. The van der Waals surface area contributed by atoms with E-state index in [1.807, 2.05) is 52.9 Å². The van der Waals surface area contributed by atoms with E-state index in [1.54, 1.807) is 6.07 Å². The molecule has 2 aliphatic rings. The number of carbonyl (C=O) groups is 1. The van der Waals surface area contributed by atoms with Gasteiger partial charge in [-0.1, -0.05) is 18.2 Å². The number of pyridine rings is 1. The Labute approximate surface area is 162 Å². The maximum Gasteiger partial charge on any atom is 0.254 e. The van der Waals surface area contributed by atoms with E-state index in [0.717, 1.165) is 35.0 Å². The van der Waals surface area contributed by atoms with Crippen LogP contribution in [0, 0.1) is 6.92 Å². The molecule has 28 heavy (non-hydrogen) atoms. The smallest absolute Gasteiger partial charge is 0.254 e.